The van der Waals surface area contributed by atoms with E-state index >= 15 is 0 Å². The van der Waals surface area contributed by atoms with E-state index in [1.807, 2.05) is 18.7 Å². The summed E-state index contributed by atoms with van der Waals surface area (Å²) in [6, 6.07) is 1.08. The number of alkyl halides is 3. The topological polar surface area (TPSA) is 58.3 Å². The maximum absolute atomic E-state index is 13.2. The van der Waals surface area contributed by atoms with E-state index in [0.29, 0.717) is 24.7 Å². The molecular weight excluding hydrogens is 359 g/mol. The summed E-state index contributed by atoms with van der Waals surface area (Å²) in [5.41, 5.74) is 1.13. The Bertz CT molecular complexity index is 803. The molecule has 0 bridgehead atoms. The van der Waals surface area contributed by atoms with Crippen LogP contribution < -0.4 is 4.90 Å². The van der Waals surface area contributed by atoms with Gasteiger partial charge in [-0.1, -0.05) is 5.16 Å². The number of hydrogen-bond donors (Lipinski definition) is 0. The normalized spacial score (nSPS) is 18.9. The molecule has 3 heterocycles. The molecule has 4 rings (SSSR count). The Kier molecular flexibility index (Phi) is 4.57. The van der Waals surface area contributed by atoms with Crippen molar-refractivity contribution in [1.82, 2.24) is 20.0 Å². The molecule has 27 heavy (non-hydrogen) atoms. The van der Waals surface area contributed by atoms with Gasteiger partial charge in [0.25, 0.3) is 0 Å². The maximum Gasteiger partial charge on any atom is 0.433 e. The first kappa shape index (κ1) is 18.2. The highest BCUT2D eigenvalue weighted by atomic mass is 19.4. The van der Waals surface area contributed by atoms with Gasteiger partial charge in [0, 0.05) is 50.3 Å². The SMILES string of the molecule is Cc1noc(C)c1CN1CCN(c2cc(C(F)(F)F)nc(C3CC3)n2)CC1. The van der Waals surface area contributed by atoms with Crippen LogP contribution in [0, 0.1) is 13.8 Å². The molecule has 0 atom stereocenters. The molecule has 1 saturated carbocycles. The van der Waals surface area contributed by atoms with Gasteiger partial charge in [0.05, 0.1) is 5.69 Å². The lowest BCUT2D eigenvalue weighted by Crippen LogP contribution is -2.46. The fraction of sp³-hybridized carbons (Fsp3) is 0.611. The van der Waals surface area contributed by atoms with Crippen LogP contribution in [0.1, 0.15) is 47.3 Å². The van der Waals surface area contributed by atoms with Crippen molar-refractivity contribution in [2.24, 2.45) is 0 Å². The fourth-order valence-electron chi connectivity index (χ4n) is 3.37. The lowest BCUT2D eigenvalue weighted by atomic mass is 10.1. The number of piperazine rings is 1. The van der Waals surface area contributed by atoms with Crippen molar-refractivity contribution in [1.29, 1.82) is 0 Å². The van der Waals surface area contributed by atoms with E-state index in [9.17, 15) is 13.2 Å². The molecule has 0 N–H and O–H groups in total. The molecular formula is C18H22F3N5O. The van der Waals surface area contributed by atoms with Crippen LogP contribution in [-0.2, 0) is 12.7 Å². The largest absolute Gasteiger partial charge is 0.433 e. The monoisotopic (exact) mass is 381 g/mol. The number of hydrogen-bond acceptors (Lipinski definition) is 6. The van der Waals surface area contributed by atoms with Crippen LogP contribution in [0.15, 0.2) is 10.6 Å². The highest BCUT2D eigenvalue weighted by Crippen LogP contribution is 2.40. The third-order valence-corrected chi connectivity index (χ3v) is 5.22. The second-order valence-corrected chi connectivity index (χ2v) is 7.31. The number of nitrogens with zero attached hydrogens (tertiary/aromatic N) is 5. The molecule has 0 spiro atoms. The van der Waals surface area contributed by atoms with E-state index in [2.05, 4.69) is 20.0 Å². The number of anilines is 1. The Morgan fingerprint density at radius 1 is 1.11 bits per heavy atom. The molecule has 0 amide bonds. The lowest BCUT2D eigenvalue weighted by Gasteiger charge is -2.35. The third kappa shape index (κ3) is 3.92. The lowest BCUT2D eigenvalue weighted by molar-refractivity contribution is -0.141. The van der Waals surface area contributed by atoms with Crippen molar-refractivity contribution < 1.29 is 17.7 Å². The van der Waals surface area contributed by atoms with Crippen molar-refractivity contribution in [2.75, 3.05) is 31.1 Å². The number of halogens is 3. The second-order valence-electron chi connectivity index (χ2n) is 7.31. The molecule has 6 nitrogen and oxygen atoms in total. The summed E-state index contributed by atoms with van der Waals surface area (Å²) in [4.78, 5) is 12.4. The quantitative estimate of drug-likeness (QED) is 0.810. The molecule has 146 valence electrons. The number of aromatic nitrogens is 3. The van der Waals surface area contributed by atoms with E-state index in [4.69, 9.17) is 4.52 Å². The summed E-state index contributed by atoms with van der Waals surface area (Å²) in [6.45, 7) is 7.29. The highest BCUT2D eigenvalue weighted by molar-refractivity contribution is 5.42. The van der Waals surface area contributed by atoms with Crippen molar-refractivity contribution in [3.8, 4) is 0 Å². The van der Waals surface area contributed by atoms with Gasteiger partial charge >= 0.3 is 6.18 Å². The van der Waals surface area contributed by atoms with Crippen LogP contribution in [0.2, 0.25) is 0 Å². The Morgan fingerprint density at radius 3 is 2.37 bits per heavy atom. The zero-order chi connectivity index (χ0) is 19.2. The summed E-state index contributed by atoms with van der Waals surface area (Å²) >= 11 is 0. The molecule has 1 aliphatic heterocycles. The van der Waals surface area contributed by atoms with Gasteiger partial charge in [0.2, 0.25) is 0 Å². The van der Waals surface area contributed by atoms with E-state index in [1.165, 1.54) is 0 Å². The Morgan fingerprint density at radius 2 is 1.81 bits per heavy atom. The smallest absolute Gasteiger partial charge is 0.361 e. The van der Waals surface area contributed by atoms with Gasteiger partial charge in [0.1, 0.15) is 23.1 Å². The summed E-state index contributed by atoms with van der Waals surface area (Å²) < 4.78 is 44.9. The summed E-state index contributed by atoms with van der Waals surface area (Å²) in [6.07, 6.45) is -2.72. The minimum Gasteiger partial charge on any atom is -0.361 e. The molecule has 1 aliphatic carbocycles. The predicted molar refractivity (Wildman–Crippen MR) is 92.5 cm³/mol. The van der Waals surface area contributed by atoms with Crippen molar-refractivity contribution in [3.05, 3.63) is 34.6 Å². The average Bonchev–Trinajstić information content (AvgIpc) is 3.44. The van der Waals surface area contributed by atoms with E-state index in [-0.39, 0.29) is 5.92 Å². The van der Waals surface area contributed by atoms with Gasteiger partial charge < -0.3 is 9.42 Å². The van der Waals surface area contributed by atoms with Gasteiger partial charge in [0.15, 0.2) is 0 Å². The first-order valence-corrected chi connectivity index (χ1v) is 9.16. The molecule has 0 unspecified atom stereocenters. The van der Waals surface area contributed by atoms with Crippen LogP contribution in [0.3, 0.4) is 0 Å². The zero-order valence-electron chi connectivity index (χ0n) is 15.4. The van der Waals surface area contributed by atoms with Crippen LogP contribution >= 0.6 is 0 Å². The van der Waals surface area contributed by atoms with Gasteiger partial charge in [-0.2, -0.15) is 13.2 Å². The molecule has 2 fully saturated rings. The van der Waals surface area contributed by atoms with E-state index in [1.54, 1.807) is 0 Å². The van der Waals surface area contributed by atoms with Gasteiger partial charge in [-0.15, -0.1) is 0 Å². The molecule has 1 saturated heterocycles. The molecule has 2 aromatic heterocycles. The van der Waals surface area contributed by atoms with Crippen LogP contribution in [-0.4, -0.2) is 46.2 Å². The predicted octanol–water partition coefficient (Wildman–Crippen LogP) is 3.30. The minimum atomic E-state index is -4.45. The van der Waals surface area contributed by atoms with Gasteiger partial charge in [-0.25, -0.2) is 9.97 Å². The highest BCUT2D eigenvalue weighted by Gasteiger charge is 2.37. The Labute approximate surface area is 155 Å². The fourth-order valence-corrected chi connectivity index (χ4v) is 3.37. The van der Waals surface area contributed by atoms with Crippen molar-refractivity contribution >= 4 is 5.82 Å². The van der Waals surface area contributed by atoms with Crippen molar-refractivity contribution in [3.63, 3.8) is 0 Å². The van der Waals surface area contributed by atoms with E-state index in [0.717, 1.165) is 55.6 Å². The maximum atomic E-state index is 13.2. The van der Waals surface area contributed by atoms with Crippen LogP contribution in [0.25, 0.3) is 0 Å². The summed E-state index contributed by atoms with van der Waals surface area (Å²) in [5.74, 6) is 1.61. The average molecular weight is 381 g/mol. The number of rotatable bonds is 4. The minimum absolute atomic E-state index is 0.0758. The van der Waals surface area contributed by atoms with E-state index < -0.39 is 11.9 Å². The first-order valence-electron chi connectivity index (χ1n) is 9.16. The Hall–Kier alpha value is -2.16. The van der Waals surface area contributed by atoms with Crippen molar-refractivity contribution in [2.45, 2.75) is 45.3 Å². The summed E-state index contributed by atoms with van der Waals surface area (Å²) in [7, 11) is 0. The third-order valence-electron chi connectivity index (χ3n) is 5.22. The molecule has 9 heteroatoms. The molecule has 2 aliphatic rings. The summed E-state index contributed by atoms with van der Waals surface area (Å²) in [5, 5.41) is 3.97. The zero-order valence-corrected chi connectivity index (χ0v) is 15.4. The van der Waals surface area contributed by atoms with Gasteiger partial charge in [-0.05, 0) is 26.7 Å². The van der Waals surface area contributed by atoms with Gasteiger partial charge in [-0.3, -0.25) is 4.90 Å². The molecule has 0 radical (unpaired) electrons. The first-order chi connectivity index (χ1) is 12.8. The van der Waals surface area contributed by atoms with Crippen LogP contribution in [0.5, 0.6) is 0 Å². The molecule has 0 aromatic carbocycles. The molecule has 2 aromatic rings. The number of aryl methyl sites for hydroxylation is 2. The van der Waals surface area contributed by atoms with Crippen LogP contribution in [0.4, 0.5) is 19.0 Å². The Balaban J connectivity index is 1.47. The second kappa shape index (κ2) is 6.78. The standard InChI is InChI=1S/C18H22F3N5O/c1-11-14(12(2)27-24-11)10-25-5-7-26(8-6-25)16-9-15(18(19,20)21)22-17(23-16)13-3-4-13/h9,13H,3-8,10H2,1-2H3.